The van der Waals surface area contributed by atoms with E-state index in [9.17, 15) is 0 Å². The Bertz CT molecular complexity index is 536. The first-order chi connectivity index (χ1) is 8.25. The van der Waals surface area contributed by atoms with E-state index in [-0.39, 0.29) is 0 Å². The number of rotatable bonds is 2. The van der Waals surface area contributed by atoms with Crippen molar-refractivity contribution < 1.29 is 0 Å². The SMILES string of the molecule is Cc1cccc2nc(N)n(CC3CCCC3)c12. The van der Waals surface area contributed by atoms with Gasteiger partial charge in [-0.05, 0) is 37.3 Å². The summed E-state index contributed by atoms with van der Waals surface area (Å²) in [4.78, 5) is 4.46. The predicted octanol–water partition coefficient (Wildman–Crippen LogP) is 3.12. The summed E-state index contributed by atoms with van der Waals surface area (Å²) < 4.78 is 2.21. The Labute approximate surface area is 102 Å². The number of hydrogen-bond acceptors (Lipinski definition) is 2. The highest BCUT2D eigenvalue weighted by Crippen LogP contribution is 2.29. The second kappa shape index (κ2) is 4.06. The molecule has 0 radical (unpaired) electrons. The highest BCUT2D eigenvalue weighted by atomic mass is 15.2. The van der Waals surface area contributed by atoms with Crippen LogP contribution in [0.1, 0.15) is 31.2 Å². The maximum Gasteiger partial charge on any atom is 0.201 e. The molecular weight excluding hydrogens is 210 g/mol. The van der Waals surface area contributed by atoms with Crippen molar-refractivity contribution in [3.05, 3.63) is 23.8 Å². The molecule has 0 unspecified atom stereocenters. The zero-order chi connectivity index (χ0) is 11.8. The number of benzene rings is 1. The lowest BCUT2D eigenvalue weighted by molar-refractivity contribution is 0.467. The van der Waals surface area contributed by atoms with Crippen LogP contribution in [-0.2, 0) is 6.54 Å². The minimum absolute atomic E-state index is 0.668. The summed E-state index contributed by atoms with van der Waals surface area (Å²) in [7, 11) is 0. The van der Waals surface area contributed by atoms with E-state index in [4.69, 9.17) is 5.73 Å². The number of aromatic nitrogens is 2. The first-order valence-corrected chi connectivity index (χ1v) is 6.47. The molecule has 17 heavy (non-hydrogen) atoms. The number of fused-ring (bicyclic) bond motifs is 1. The molecule has 3 rings (SSSR count). The molecule has 0 atom stereocenters. The minimum atomic E-state index is 0.668. The Hall–Kier alpha value is -1.51. The van der Waals surface area contributed by atoms with Gasteiger partial charge >= 0.3 is 0 Å². The molecule has 3 heteroatoms. The van der Waals surface area contributed by atoms with Crippen LogP contribution in [0.4, 0.5) is 5.95 Å². The first-order valence-electron chi connectivity index (χ1n) is 6.47. The maximum atomic E-state index is 6.05. The van der Waals surface area contributed by atoms with Crippen molar-refractivity contribution in [2.75, 3.05) is 5.73 Å². The third-order valence-electron chi connectivity index (χ3n) is 3.91. The minimum Gasteiger partial charge on any atom is -0.369 e. The van der Waals surface area contributed by atoms with Crippen LogP contribution >= 0.6 is 0 Å². The summed E-state index contributed by atoms with van der Waals surface area (Å²) in [5, 5.41) is 0. The van der Waals surface area contributed by atoms with Gasteiger partial charge < -0.3 is 10.3 Å². The number of hydrogen-bond donors (Lipinski definition) is 1. The second-order valence-electron chi connectivity index (χ2n) is 5.17. The number of imidazole rings is 1. The average molecular weight is 229 g/mol. The van der Waals surface area contributed by atoms with Crippen molar-refractivity contribution in [1.82, 2.24) is 9.55 Å². The normalized spacial score (nSPS) is 17.0. The van der Waals surface area contributed by atoms with Crippen LogP contribution in [0.15, 0.2) is 18.2 Å². The molecule has 1 aliphatic carbocycles. The van der Waals surface area contributed by atoms with E-state index in [0.717, 1.165) is 18.0 Å². The number of anilines is 1. The monoisotopic (exact) mass is 229 g/mol. The van der Waals surface area contributed by atoms with Crippen molar-refractivity contribution in [3.63, 3.8) is 0 Å². The first kappa shape index (κ1) is 10.6. The fourth-order valence-electron chi connectivity index (χ4n) is 3.02. The lowest BCUT2D eigenvalue weighted by Crippen LogP contribution is -2.10. The highest BCUT2D eigenvalue weighted by Gasteiger charge is 2.18. The van der Waals surface area contributed by atoms with Crippen LogP contribution in [0, 0.1) is 12.8 Å². The summed E-state index contributed by atoms with van der Waals surface area (Å²) >= 11 is 0. The van der Waals surface area contributed by atoms with E-state index < -0.39 is 0 Å². The van der Waals surface area contributed by atoms with Gasteiger partial charge in [0, 0.05) is 6.54 Å². The average Bonchev–Trinajstić information content (AvgIpc) is 2.89. The van der Waals surface area contributed by atoms with Crippen molar-refractivity contribution in [2.24, 2.45) is 5.92 Å². The zero-order valence-corrected chi connectivity index (χ0v) is 10.3. The maximum absolute atomic E-state index is 6.05. The van der Waals surface area contributed by atoms with Crippen molar-refractivity contribution in [1.29, 1.82) is 0 Å². The fourth-order valence-corrected chi connectivity index (χ4v) is 3.02. The molecule has 1 aromatic carbocycles. The molecule has 90 valence electrons. The number of nitrogens with zero attached hydrogens (tertiary/aromatic N) is 2. The van der Waals surface area contributed by atoms with E-state index in [1.807, 2.05) is 12.1 Å². The van der Waals surface area contributed by atoms with Gasteiger partial charge in [-0.25, -0.2) is 4.98 Å². The molecule has 0 saturated heterocycles. The molecule has 2 aromatic rings. The molecule has 1 saturated carbocycles. The molecule has 1 heterocycles. The lowest BCUT2D eigenvalue weighted by atomic mass is 10.1. The van der Waals surface area contributed by atoms with Crippen molar-refractivity contribution in [2.45, 2.75) is 39.2 Å². The van der Waals surface area contributed by atoms with Crippen LogP contribution in [0.25, 0.3) is 11.0 Å². The van der Waals surface area contributed by atoms with Gasteiger partial charge in [-0.15, -0.1) is 0 Å². The molecule has 0 bridgehead atoms. The van der Waals surface area contributed by atoms with Gasteiger partial charge in [0.2, 0.25) is 5.95 Å². The summed E-state index contributed by atoms with van der Waals surface area (Å²) in [6.45, 7) is 3.17. The van der Waals surface area contributed by atoms with Gasteiger partial charge in [0.05, 0.1) is 11.0 Å². The van der Waals surface area contributed by atoms with Gasteiger partial charge in [-0.1, -0.05) is 25.0 Å². The third-order valence-corrected chi connectivity index (χ3v) is 3.91. The third kappa shape index (κ3) is 1.79. The second-order valence-corrected chi connectivity index (χ2v) is 5.17. The van der Waals surface area contributed by atoms with Gasteiger partial charge in [0.1, 0.15) is 0 Å². The predicted molar refractivity (Wildman–Crippen MR) is 70.8 cm³/mol. The Balaban J connectivity index is 2.04. The molecule has 2 N–H and O–H groups in total. The lowest BCUT2D eigenvalue weighted by Gasteiger charge is -2.13. The van der Waals surface area contributed by atoms with Gasteiger partial charge in [-0.2, -0.15) is 0 Å². The number of nitrogen functional groups attached to an aromatic ring is 1. The van der Waals surface area contributed by atoms with E-state index >= 15 is 0 Å². The smallest absolute Gasteiger partial charge is 0.201 e. The van der Waals surface area contributed by atoms with E-state index in [2.05, 4.69) is 22.5 Å². The Morgan fingerprint density at radius 2 is 2.12 bits per heavy atom. The molecular formula is C14H19N3. The highest BCUT2D eigenvalue weighted by molar-refractivity contribution is 5.81. The summed E-state index contributed by atoms with van der Waals surface area (Å²) in [6, 6.07) is 6.22. The zero-order valence-electron chi connectivity index (χ0n) is 10.3. The molecule has 1 fully saturated rings. The summed E-state index contributed by atoms with van der Waals surface area (Å²) in [5.74, 6) is 1.45. The van der Waals surface area contributed by atoms with E-state index in [0.29, 0.717) is 5.95 Å². The van der Waals surface area contributed by atoms with Crippen LogP contribution in [0.3, 0.4) is 0 Å². The molecule has 0 amide bonds. The number of nitrogens with two attached hydrogens (primary N) is 1. The molecule has 0 aliphatic heterocycles. The van der Waals surface area contributed by atoms with Crippen molar-refractivity contribution in [3.8, 4) is 0 Å². The van der Waals surface area contributed by atoms with E-state index in [1.165, 1.54) is 36.8 Å². The quantitative estimate of drug-likeness (QED) is 0.859. The van der Waals surface area contributed by atoms with Crippen molar-refractivity contribution >= 4 is 17.0 Å². The number of para-hydroxylation sites is 1. The van der Waals surface area contributed by atoms with Crippen LogP contribution < -0.4 is 5.73 Å². The topological polar surface area (TPSA) is 43.8 Å². The molecule has 1 aliphatic rings. The Morgan fingerprint density at radius 1 is 1.35 bits per heavy atom. The van der Waals surface area contributed by atoms with Crippen LogP contribution in [0.2, 0.25) is 0 Å². The van der Waals surface area contributed by atoms with Gasteiger partial charge in [-0.3, -0.25) is 0 Å². The van der Waals surface area contributed by atoms with Crippen LogP contribution in [0.5, 0.6) is 0 Å². The molecule has 1 aromatic heterocycles. The molecule has 3 nitrogen and oxygen atoms in total. The van der Waals surface area contributed by atoms with Gasteiger partial charge in [0.15, 0.2) is 0 Å². The van der Waals surface area contributed by atoms with Crippen LogP contribution in [-0.4, -0.2) is 9.55 Å². The van der Waals surface area contributed by atoms with Gasteiger partial charge in [0.25, 0.3) is 0 Å². The Morgan fingerprint density at radius 3 is 2.88 bits per heavy atom. The molecule has 0 spiro atoms. The Kier molecular flexibility index (Phi) is 2.54. The summed E-state index contributed by atoms with van der Waals surface area (Å²) in [6.07, 6.45) is 5.42. The summed E-state index contributed by atoms with van der Waals surface area (Å²) in [5.41, 5.74) is 9.57. The van der Waals surface area contributed by atoms with E-state index in [1.54, 1.807) is 0 Å². The fraction of sp³-hybridized carbons (Fsp3) is 0.500. The number of aryl methyl sites for hydroxylation is 1. The standard InChI is InChI=1S/C14H19N3/c1-10-5-4-8-12-13(10)17(14(15)16-12)9-11-6-2-3-7-11/h4-5,8,11H,2-3,6-7,9H2,1H3,(H2,15,16). The largest absolute Gasteiger partial charge is 0.369 e.